The Morgan fingerprint density at radius 1 is 0.906 bits per heavy atom. The highest BCUT2D eigenvalue weighted by molar-refractivity contribution is 6.06. The molecule has 0 unspecified atom stereocenters. The van der Waals surface area contributed by atoms with Crippen LogP contribution in [-0.4, -0.2) is 23.3 Å². The van der Waals surface area contributed by atoms with E-state index in [9.17, 15) is 18.4 Å². The van der Waals surface area contributed by atoms with Gasteiger partial charge in [0, 0.05) is 16.5 Å². The molecule has 0 saturated carbocycles. The molecule has 0 bridgehead atoms. The minimum Gasteiger partial charge on any atom is -0.454 e. The van der Waals surface area contributed by atoms with Gasteiger partial charge < -0.3 is 4.74 Å². The lowest BCUT2D eigenvalue weighted by Crippen LogP contribution is -2.15. The van der Waals surface area contributed by atoms with Gasteiger partial charge in [0.05, 0.1) is 16.8 Å². The number of esters is 1. The third-order valence-corrected chi connectivity index (χ3v) is 5.17. The SMILES string of the molecule is Cc1ccc(-c2cc(C(=O)OCC(=O)c3ccc(F)c(F)c3)c3ccccc3n2)c(C)c1. The van der Waals surface area contributed by atoms with Crippen molar-refractivity contribution >= 4 is 22.7 Å². The maximum atomic E-state index is 13.4. The third-order valence-electron chi connectivity index (χ3n) is 5.17. The number of para-hydroxylation sites is 1. The van der Waals surface area contributed by atoms with Crippen LogP contribution < -0.4 is 0 Å². The lowest BCUT2D eigenvalue weighted by atomic mass is 9.99. The molecular weight excluding hydrogens is 412 g/mol. The predicted octanol–water partition coefficient (Wildman–Crippen LogP) is 5.84. The van der Waals surface area contributed by atoms with Crippen molar-refractivity contribution in [3.8, 4) is 11.3 Å². The smallest absolute Gasteiger partial charge is 0.339 e. The van der Waals surface area contributed by atoms with Crippen LogP contribution in [0, 0.1) is 25.5 Å². The number of aromatic nitrogens is 1. The van der Waals surface area contributed by atoms with Crippen molar-refractivity contribution in [3.63, 3.8) is 0 Å². The second kappa shape index (κ2) is 8.67. The van der Waals surface area contributed by atoms with E-state index in [0.29, 0.717) is 16.6 Å². The molecule has 1 aromatic heterocycles. The Kier molecular flexibility index (Phi) is 5.77. The van der Waals surface area contributed by atoms with Gasteiger partial charge in [-0.15, -0.1) is 0 Å². The van der Waals surface area contributed by atoms with Crippen LogP contribution in [0.1, 0.15) is 31.8 Å². The van der Waals surface area contributed by atoms with E-state index in [-0.39, 0.29) is 11.1 Å². The molecule has 0 aliphatic rings. The number of ketones is 1. The van der Waals surface area contributed by atoms with Crippen LogP contribution in [-0.2, 0) is 4.74 Å². The van der Waals surface area contributed by atoms with E-state index in [1.165, 1.54) is 0 Å². The molecule has 4 aromatic rings. The second-order valence-corrected chi connectivity index (χ2v) is 7.52. The summed E-state index contributed by atoms with van der Waals surface area (Å²) in [6, 6.07) is 17.5. The molecule has 4 nitrogen and oxygen atoms in total. The molecule has 4 rings (SSSR count). The maximum absolute atomic E-state index is 13.4. The molecule has 32 heavy (non-hydrogen) atoms. The summed E-state index contributed by atoms with van der Waals surface area (Å²) in [5.74, 6) is -3.53. The number of carbonyl (C=O) groups is 2. The number of halogens is 2. The largest absolute Gasteiger partial charge is 0.454 e. The molecule has 0 atom stereocenters. The summed E-state index contributed by atoms with van der Waals surface area (Å²) in [5, 5.41) is 0.589. The Balaban J connectivity index is 1.65. The highest BCUT2D eigenvalue weighted by atomic mass is 19.2. The van der Waals surface area contributed by atoms with Crippen molar-refractivity contribution in [1.82, 2.24) is 4.98 Å². The fourth-order valence-corrected chi connectivity index (χ4v) is 3.55. The van der Waals surface area contributed by atoms with Gasteiger partial charge in [-0.1, -0.05) is 42.0 Å². The van der Waals surface area contributed by atoms with Gasteiger partial charge in [0.2, 0.25) is 0 Å². The molecule has 0 aliphatic heterocycles. The van der Waals surface area contributed by atoms with E-state index in [1.54, 1.807) is 24.3 Å². The molecule has 0 saturated heterocycles. The average molecular weight is 431 g/mol. The van der Waals surface area contributed by atoms with Crippen molar-refractivity contribution in [2.24, 2.45) is 0 Å². The zero-order chi connectivity index (χ0) is 22.8. The van der Waals surface area contributed by atoms with Crippen LogP contribution in [0.5, 0.6) is 0 Å². The summed E-state index contributed by atoms with van der Waals surface area (Å²) in [7, 11) is 0. The molecule has 0 fully saturated rings. The van der Waals surface area contributed by atoms with Crippen LogP contribution in [0.25, 0.3) is 22.2 Å². The highest BCUT2D eigenvalue weighted by Gasteiger charge is 2.18. The van der Waals surface area contributed by atoms with Crippen LogP contribution in [0.15, 0.2) is 66.7 Å². The molecule has 0 radical (unpaired) electrons. The quantitative estimate of drug-likeness (QED) is 0.294. The minimum absolute atomic E-state index is 0.0766. The summed E-state index contributed by atoms with van der Waals surface area (Å²) in [5.41, 5.74) is 4.43. The standard InChI is InChI=1S/C26H19F2NO3/c1-15-7-9-18(16(2)11-15)24-13-20(19-5-3-4-6-23(19)29-24)26(31)32-14-25(30)17-8-10-21(27)22(28)12-17/h3-13H,14H2,1-2H3. The Morgan fingerprint density at radius 2 is 1.69 bits per heavy atom. The summed E-state index contributed by atoms with van der Waals surface area (Å²) in [4.78, 5) is 29.9. The number of benzene rings is 3. The van der Waals surface area contributed by atoms with Gasteiger partial charge in [0.15, 0.2) is 24.0 Å². The van der Waals surface area contributed by atoms with Crippen LogP contribution in [0.3, 0.4) is 0 Å². The fourth-order valence-electron chi connectivity index (χ4n) is 3.55. The minimum atomic E-state index is -1.14. The number of hydrogen-bond donors (Lipinski definition) is 0. The number of pyridine rings is 1. The van der Waals surface area contributed by atoms with Gasteiger partial charge in [-0.2, -0.15) is 0 Å². The van der Waals surface area contributed by atoms with Crippen LogP contribution in [0.4, 0.5) is 8.78 Å². The molecule has 6 heteroatoms. The van der Waals surface area contributed by atoms with Crippen LogP contribution >= 0.6 is 0 Å². The number of aryl methyl sites for hydroxylation is 2. The number of carbonyl (C=O) groups excluding carboxylic acids is 2. The first-order valence-corrected chi connectivity index (χ1v) is 9.96. The summed E-state index contributed by atoms with van der Waals surface area (Å²) >= 11 is 0. The Bertz CT molecular complexity index is 1360. The van der Waals surface area contributed by atoms with E-state index in [4.69, 9.17) is 4.74 Å². The molecule has 3 aromatic carbocycles. The Labute approximate surface area is 183 Å². The van der Waals surface area contributed by atoms with Crippen molar-refractivity contribution in [3.05, 3.63) is 101 Å². The van der Waals surface area contributed by atoms with Gasteiger partial charge in [-0.05, 0) is 49.7 Å². The number of Topliss-reactive ketones (excluding diaryl/α,β-unsaturated/α-hetero) is 1. The van der Waals surface area contributed by atoms with E-state index < -0.39 is 30.0 Å². The maximum Gasteiger partial charge on any atom is 0.339 e. The highest BCUT2D eigenvalue weighted by Crippen LogP contribution is 2.28. The lowest BCUT2D eigenvalue weighted by Gasteiger charge is -2.12. The van der Waals surface area contributed by atoms with Gasteiger partial charge in [0.1, 0.15) is 0 Å². The number of hydrogen-bond acceptors (Lipinski definition) is 4. The molecule has 0 aliphatic carbocycles. The van der Waals surface area contributed by atoms with Gasteiger partial charge >= 0.3 is 5.97 Å². The molecule has 0 amide bonds. The summed E-state index contributed by atoms with van der Waals surface area (Å²) < 4.78 is 31.7. The fraction of sp³-hybridized carbons (Fsp3) is 0.115. The average Bonchev–Trinajstić information content (AvgIpc) is 2.78. The number of ether oxygens (including phenoxy) is 1. The first kappa shape index (κ1) is 21.3. The molecular formula is C26H19F2NO3. The van der Waals surface area contributed by atoms with Crippen molar-refractivity contribution in [2.75, 3.05) is 6.61 Å². The zero-order valence-corrected chi connectivity index (χ0v) is 17.5. The van der Waals surface area contributed by atoms with Gasteiger partial charge in [-0.3, -0.25) is 4.79 Å². The lowest BCUT2D eigenvalue weighted by molar-refractivity contribution is 0.0476. The van der Waals surface area contributed by atoms with Crippen molar-refractivity contribution in [2.45, 2.75) is 13.8 Å². The number of rotatable bonds is 5. The first-order chi connectivity index (χ1) is 15.3. The zero-order valence-electron chi connectivity index (χ0n) is 17.5. The molecule has 0 spiro atoms. The van der Waals surface area contributed by atoms with Gasteiger partial charge in [0.25, 0.3) is 0 Å². The predicted molar refractivity (Wildman–Crippen MR) is 118 cm³/mol. The van der Waals surface area contributed by atoms with E-state index >= 15 is 0 Å². The normalized spacial score (nSPS) is 10.9. The van der Waals surface area contributed by atoms with E-state index in [2.05, 4.69) is 4.98 Å². The second-order valence-electron chi connectivity index (χ2n) is 7.52. The summed E-state index contributed by atoms with van der Waals surface area (Å²) in [6.07, 6.45) is 0. The topological polar surface area (TPSA) is 56.3 Å². The molecule has 160 valence electrons. The summed E-state index contributed by atoms with van der Waals surface area (Å²) in [6.45, 7) is 3.37. The third kappa shape index (κ3) is 4.25. The van der Waals surface area contributed by atoms with Gasteiger partial charge in [-0.25, -0.2) is 18.6 Å². The van der Waals surface area contributed by atoms with E-state index in [0.717, 1.165) is 34.9 Å². The monoisotopic (exact) mass is 431 g/mol. The van der Waals surface area contributed by atoms with Crippen molar-refractivity contribution < 1.29 is 23.1 Å². The Hall–Kier alpha value is -3.93. The number of fused-ring (bicyclic) bond motifs is 1. The molecule has 1 heterocycles. The first-order valence-electron chi connectivity index (χ1n) is 9.96. The molecule has 0 N–H and O–H groups in total. The van der Waals surface area contributed by atoms with Crippen LogP contribution in [0.2, 0.25) is 0 Å². The number of nitrogens with zero attached hydrogens (tertiary/aromatic N) is 1. The van der Waals surface area contributed by atoms with Crippen molar-refractivity contribution in [1.29, 1.82) is 0 Å². The van der Waals surface area contributed by atoms with E-state index in [1.807, 2.05) is 38.1 Å². The Morgan fingerprint density at radius 3 is 2.44 bits per heavy atom.